The van der Waals surface area contributed by atoms with Gasteiger partial charge < -0.3 is 24.5 Å². The molecule has 5 heteroatoms. The topological polar surface area (TPSA) is 16.2 Å². The molecule has 0 bridgehead atoms. The van der Waals surface area contributed by atoms with Crippen molar-refractivity contribution in [3.63, 3.8) is 0 Å². The van der Waals surface area contributed by atoms with E-state index >= 15 is 0 Å². The number of rotatable bonds is 37. The maximum absolute atomic E-state index is 3.79. The summed E-state index contributed by atoms with van der Waals surface area (Å²) in [5.41, 5.74) is 19.2. The van der Waals surface area contributed by atoms with Gasteiger partial charge in [0.15, 0.2) is 0 Å². The van der Waals surface area contributed by atoms with Gasteiger partial charge in [0.1, 0.15) is 0 Å². The van der Waals surface area contributed by atoms with Gasteiger partial charge >= 0.3 is 0 Å². The SMILES string of the molecule is C=Cc1ccc(N(C)CC(CC)CCCC)cc1.CCCCC(CC)CN(C)c1c(C)cccc1C.CCCCC(CC)CN(C)c1cc(C)ccc1C.CCCCC(CC)CN(C)c1ccc(C)cc1C.CCCCC(CC)CN(C)c1ccc(CC)cc1C. The second-order valence-corrected chi connectivity index (χ2v) is 27.6. The van der Waals surface area contributed by atoms with Crippen molar-refractivity contribution >= 4 is 34.5 Å². The van der Waals surface area contributed by atoms with Gasteiger partial charge in [-0.1, -0.05) is 257 Å². The van der Waals surface area contributed by atoms with Gasteiger partial charge in [-0.05, 0) is 191 Å². The van der Waals surface area contributed by atoms with E-state index in [1.54, 1.807) is 0 Å². The summed E-state index contributed by atoms with van der Waals surface area (Å²) < 4.78 is 0. The first-order valence-electron chi connectivity index (χ1n) is 37.2. The molecule has 5 atom stereocenters. The third-order valence-corrected chi connectivity index (χ3v) is 19.4. The minimum Gasteiger partial charge on any atom is -0.374 e. The van der Waals surface area contributed by atoms with E-state index in [1.165, 1.54) is 233 Å². The predicted molar refractivity (Wildman–Crippen MR) is 418 cm³/mol. The molecule has 0 radical (unpaired) electrons. The number of nitrogens with zero attached hydrogens (tertiary/aromatic N) is 5. The van der Waals surface area contributed by atoms with E-state index in [1.807, 2.05) is 6.08 Å². The third-order valence-electron chi connectivity index (χ3n) is 19.4. The Hall–Kier alpha value is -5.16. The smallest absolute Gasteiger partial charge is 0.0423 e. The Kier molecular flexibility index (Phi) is 45.5. The minimum atomic E-state index is 0.814. The molecule has 0 fully saturated rings. The van der Waals surface area contributed by atoms with E-state index in [-0.39, 0.29) is 0 Å². The highest BCUT2D eigenvalue weighted by atomic mass is 15.1. The summed E-state index contributed by atoms with van der Waals surface area (Å²) in [6, 6.07) is 35.6. The molecule has 91 heavy (non-hydrogen) atoms. The molecule has 5 unspecified atom stereocenters. The van der Waals surface area contributed by atoms with Crippen LogP contribution in [0.3, 0.4) is 0 Å². The fourth-order valence-corrected chi connectivity index (χ4v) is 13.0. The number of hydrogen-bond acceptors (Lipinski definition) is 5. The van der Waals surface area contributed by atoms with Crippen LogP contribution in [0.15, 0.2) is 104 Å². The van der Waals surface area contributed by atoms with Gasteiger partial charge in [-0.2, -0.15) is 0 Å². The molecule has 5 aromatic carbocycles. The van der Waals surface area contributed by atoms with Crippen molar-refractivity contribution in [2.24, 2.45) is 29.6 Å². The average Bonchev–Trinajstić information content (AvgIpc) is 1.84. The summed E-state index contributed by atoms with van der Waals surface area (Å²) in [6.45, 7) is 50.3. The van der Waals surface area contributed by atoms with E-state index in [0.29, 0.717) is 0 Å². The van der Waals surface area contributed by atoms with E-state index in [4.69, 9.17) is 0 Å². The average molecular weight is 1250 g/mol. The van der Waals surface area contributed by atoms with Crippen molar-refractivity contribution in [2.45, 2.75) is 259 Å². The highest BCUT2D eigenvalue weighted by Crippen LogP contribution is 2.29. The van der Waals surface area contributed by atoms with Crippen molar-refractivity contribution in [3.8, 4) is 0 Å². The Balaban J connectivity index is 0.000000569. The Morgan fingerprint density at radius 2 is 0.692 bits per heavy atom. The monoisotopic (exact) mass is 1250 g/mol. The lowest BCUT2D eigenvalue weighted by molar-refractivity contribution is 0.453. The number of anilines is 5. The largest absolute Gasteiger partial charge is 0.374 e. The zero-order chi connectivity index (χ0) is 68.3. The summed E-state index contributed by atoms with van der Waals surface area (Å²) in [7, 11) is 11.1. The van der Waals surface area contributed by atoms with Crippen LogP contribution < -0.4 is 24.5 Å². The molecule has 0 saturated carbocycles. The molecule has 5 aromatic rings. The molecule has 0 aliphatic rings. The maximum atomic E-state index is 3.79. The number of para-hydroxylation sites is 1. The molecular formula is C86H145N5. The maximum Gasteiger partial charge on any atom is 0.0423 e. The Morgan fingerprint density at radius 1 is 0.341 bits per heavy atom. The standard InChI is InChI=1S/C18H31N.3C17H29N.C17H27N/c1-6-9-10-17(8-3)14-19(5)18-12-11-16(7-2)13-15(18)4;1-6-8-12-16(7-2)13-18(5)17-14(3)10-9-11-15(17)4;1-6-8-9-16(7-2)13-18(5)17-11-10-14(3)12-15(17)4;1-6-8-9-16(7-2)13-18(5)17-12-14(3)10-11-15(17)4;1-5-8-9-16(7-3)14-18(4)17-12-10-15(6-2)11-13-17/h11-13,17H,6-10,14H2,1-5H3;9-11,16H,6-8,12-13H2,1-5H3;2*10-12,16H,6-9,13H2,1-5H3;6,10-13,16H,2,5,7-9,14H2,1,3-4H3. The molecule has 514 valence electrons. The van der Waals surface area contributed by atoms with Crippen LogP contribution in [0.1, 0.15) is 255 Å². The molecule has 5 nitrogen and oxygen atoms in total. The highest BCUT2D eigenvalue weighted by molar-refractivity contribution is 5.59. The Bertz CT molecular complexity index is 2590. The van der Waals surface area contributed by atoms with Gasteiger partial charge in [0.25, 0.3) is 0 Å². The van der Waals surface area contributed by atoms with Crippen LogP contribution in [0.4, 0.5) is 28.4 Å². The van der Waals surface area contributed by atoms with Gasteiger partial charge in [-0.3, -0.25) is 0 Å². The van der Waals surface area contributed by atoms with Crippen molar-refractivity contribution in [3.05, 3.63) is 154 Å². The fourth-order valence-electron chi connectivity index (χ4n) is 13.0. The quantitative estimate of drug-likeness (QED) is 0.0393. The van der Waals surface area contributed by atoms with Crippen LogP contribution in [-0.2, 0) is 6.42 Å². The Morgan fingerprint density at radius 3 is 1.05 bits per heavy atom. The van der Waals surface area contributed by atoms with Gasteiger partial charge in [0.2, 0.25) is 0 Å². The van der Waals surface area contributed by atoms with Crippen molar-refractivity contribution in [1.82, 2.24) is 0 Å². The van der Waals surface area contributed by atoms with Crippen molar-refractivity contribution in [2.75, 3.05) is 92.5 Å². The van der Waals surface area contributed by atoms with Crippen molar-refractivity contribution < 1.29 is 0 Å². The number of aryl methyl sites for hydroxylation is 8. The van der Waals surface area contributed by atoms with Gasteiger partial charge in [0.05, 0.1) is 0 Å². The van der Waals surface area contributed by atoms with Gasteiger partial charge in [0, 0.05) is 96.4 Å². The number of benzene rings is 5. The molecule has 0 aliphatic heterocycles. The predicted octanol–water partition coefficient (Wildman–Crippen LogP) is 25.1. The highest BCUT2D eigenvalue weighted by Gasteiger charge is 2.17. The van der Waals surface area contributed by atoms with Crippen LogP contribution in [-0.4, -0.2) is 68.0 Å². The molecule has 0 amide bonds. The van der Waals surface area contributed by atoms with Crippen LogP contribution in [0.5, 0.6) is 0 Å². The summed E-state index contributed by atoms with van der Waals surface area (Å²) >= 11 is 0. The van der Waals surface area contributed by atoms with Gasteiger partial charge in [-0.25, -0.2) is 0 Å². The van der Waals surface area contributed by atoms with E-state index < -0.39 is 0 Å². The summed E-state index contributed by atoms with van der Waals surface area (Å²) in [5.74, 6) is 4.13. The van der Waals surface area contributed by atoms with Crippen LogP contribution in [0.25, 0.3) is 6.08 Å². The van der Waals surface area contributed by atoms with Crippen LogP contribution in [0.2, 0.25) is 0 Å². The third kappa shape index (κ3) is 33.5. The first-order valence-corrected chi connectivity index (χ1v) is 37.2. The molecule has 0 aliphatic carbocycles. The zero-order valence-corrected chi connectivity index (χ0v) is 64.0. The normalized spacial score (nSPS) is 12.4. The van der Waals surface area contributed by atoms with Crippen LogP contribution in [0, 0.1) is 78.1 Å². The van der Waals surface area contributed by atoms with E-state index in [0.717, 1.165) is 42.6 Å². The summed E-state index contributed by atoms with van der Waals surface area (Å²) in [4.78, 5) is 12.1. The van der Waals surface area contributed by atoms with Gasteiger partial charge in [-0.15, -0.1) is 0 Å². The van der Waals surface area contributed by atoms with E-state index in [2.05, 4.69) is 288 Å². The molecular weight excluding hydrogens is 1100 g/mol. The molecule has 5 rings (SSSR count). The molecule has 0 spiro atoms. The summed E-state index contributed by atoms with van der Waals surface area (Å²) in [6.07, 6.45) is 29.6. The first kappa shape index (κ1) is 83.9. The number of hydrogen-bond donors (Lipinski definition) is 0. The number of unbranched alkanes of at least 4 members (excludes halogenated alkanes) is 5. The molecule has 0 aromatic heterocycles. The zero-order valence-electron chi connectivity index (χ0n) is 64.0. The molecule has 0 N–H and O–H groups in total. The lowest BCUT2D eigenvalue weighted by Gasteiger charge is -2.28. The minimum absolute atomic E-state index is 0.814. The van der Waals surface area contributed by atoms with E-state index in [9.17, 15) is 0 Å². The second-order valence-electron chi connectivity index (χ2n) is 27.6. The van der Waals surface area contributed by atoms with Crippen LogP contribution >= 0.6 is 0 Å². The van der Waals surface area contributed by atoms with Crippen molar-refractivity contribution in [1.29, 1.82) is 0 Å². The second kappa shape index (κ2) is 49.4. The fraction of sp³-hybridized carbons (Fsp3) is 0.628. The lowest BCUT2D eigenvalue weighted by atomic mass is 9.98. The first-order chi connectivity index (χ1) is 43.6. The summed E-state index contributed by atoms with van der Waals surface area (Å²) in [5, 5.41) is 0. The molecule has 0 saturated heterocycles. The lowest BCUT2D eigenvalue weighted by Crippen LogP contribution is -2.26. The molecule has 0 heterocycles. The Labute approximate surface area is 566 Å².